The zero-order chi connectivity index (χ0) is 16.9. The van der Waals surface area contributed by atoms with Crippen LogP contribution in [0.1, 0.15) is 24.2 Å². The fourth-order valence-electron chi connectivity index (χ4n) is 2.96. The molecule has 130 valence electrons. The van der Waals surface area contributed by atoms with Crippen LogP contribution in [0.4, 0.5) is 0 Å². The molecule has 0 atom stereocenters. The first kappa shape index (κ1) is 17.3. The minimum Gasteiger partial charge on any atom is -0.388 e. The number of rotatable bonds is 6. The van der Waals surface area contributed by atoms with Crippen LogP contribution < -0.4 is 0 Å². The maximum atomic E-state index is 9.28. The van der Waals surface area contributed by atoms with E-state index in [9.17, 15) is 5.11 Å². The van der Waals surface area contributed by atoms with Crippen molar-refractivity contribution in [2.24, 2.45) is 7.05 Å². The molecule has 3 rings (SSSR count). The average molecular weight is 348 g/mol. The fourth-order valence-corrected chi connectivity index (χ4v) is 3.16. The van der Waals surface area contributed by atoms with Gasteiger partial charge in [0.25, 0.3) is 0 Å². The van der Waals surface area contributed by atoms with Gasteiger partial charge in [-0.1, -0.05) is 30.3 Å². The average Bonchev–Trinajstić information content (AvgIpc) is 2.90. The van der Waals surface area contributed by atoms with Crippen molar-refractivity contribution < 1.29 is 9.84 Å². The molecule has 0 unspecified atom stereocenters. The zero-order valence-corrected chi connectivity index (χ0v) is 14.8. The predicted octanol–water partition coefficient (Wildman–Crippen LogP) is 2.08. The number of hydrogen-bond donors (Lipinski definition) is 1. The Balaban J connectivity index is 1.48. The lowest BCUT2D eigenvalue weighted by molar-refractivity contribution is -0.00923. The lowest BCUT2D eigenvalue weighted by Crippen LogP contribution is -2.38. The molecule has 0 spiro atoms. The molecule has 1 aliphatic heterocycles. The third-order valence-electron chi connectivity index (χ3n) is 4.47. The SMILES string of the molecule is Cn1c(CO)nn(CN2CCC(OCc3ccccc3)CC2)c1=S. The van der Waals surface area contributed by atoms with Gasteiger partial charge in [-0.25, -0.2) is 4.68 Å². The number of piperidine rings is 1. The third-order valence-corrected chi connectivity index (χ3v) is 4.95. The van der Waals surface area contributed by atoms with E-state index in [0.29, 0.717) is 30.0 Å². The number of ether oxygens (including phenoxy) is 1. The molecule has 2 heterocycles. The molecular formula is C17H24N4O2S. The topological polar surface area (TPSA) is 55.5 Å². The van der Waals surface area contributed by atoms with E-state index in [1.54, 1.807) is 9.25 Å². The Morgan fingerprint density at radius 1 is 1.25 bits per heavy atom. The van der Waals surface area contributed by atoms with Crippen LogP contribution in [0.25, 0.3) is 0 Å². The summed E-state index contributed by atoms with van der Waals surface area (Å²) < 4.78 is 10.2. The van der Waals surface area contributed by atoms with Crippen molar-refractivity contribution in [2.45, 2.75) is 38.8 Å². The summed E-state index contributed by atoms with van der Waals surface area (Å²) in [7, 11) is 1.83. The molecule has 0 radical (unpaired) electrons. The van der Waals surface area contributed by atoms with Gasteiger partial charge in [0.05, 0.1) is 19.4 Å². The van der Waals surface area contributed by atoms with Gasteiger partial charge in [0, 0.05) is 20.1 Å². The van der Waals surface area contributed by atoms with E-state index in [1.165, 1.54) is 5.56 Å². The van der Waals surface area contributed by atoms with Crippen molar-refractivity contribution in [2.75, 3.05) is 13.1 Å². The summed E-state index contributed by atoms with van der Waals surface area (Å²) in [6.45, 7) is 3.18. The largest absolute Gasteiger partial charge is 0.388 e. The van der Waals surface area contributed by atoms with Gasteiger partial charge in [-0.3, -0.25) is 4.90 Å². The summed E-state index contributed by atoms with van der Waals surface area (Å²) in [6, 6.07) is 10.3. The van der Waals surface area contributed by atoms with E-state index >= 15 is 0 Å². The summed E-state index contributed by atoms with van der Waals surface area (Å²) in [5.41, 5.74) is 1.22. The van der Waals surface area contributed by atoms with Crippen molar-refractivity contribution in [3.63, 3.8) is 0 Å². The molecule has 0 amide bonds. The van der Waals surface area contributed by atoms with Gasteiger partial charge in [0.15, 0.2) is 10.6 Å². The van der Waals surface area contributed by atoms with Crippen molar-refractivity contribution in [1.82, 2.24) is 19.2 Å². The molecular weight excluding hydrogens is 324 g/mol. The van der Waals surface area contributed by atoms with Crippen molar-refractivity contribution >= 4 is 12.2 Å². The Bertz CT molecular complexity index is 705. The quantitative estimate of drug-likeness (QED) is 0.810. The zero-order valence-electron chi connectivity index (χ0n) is 14.0. The van der Waals surface area contributed by atoms with Gasteiger partial charge in [0.1, 0.15) is 6.61 Å². The van der Waals surface area contributed by atoms with Gasteiger partial charge < -0.3 is 14.4 Å². The lowest BCUT2D eigenvalue weighted by Gasteiger charge is -2.31. The molecule has 0 saturated carbocycles. The summed E-state index contributed by atoms with van der Waals surface area (Å²) in [5, 5.41) is 13.6. The van der Waals surface area contributed by atoms with E-state index in [0.717, 1.165) is 25.9 Å². The molecule has 1 aromatic carbocycles. The Kier molecular flexibility index (Phi) is 5.78. The van der Waals surface area contributed by atoms with E-state index in [2.05, 4.69) is 22.1 Å². The van der Waals surface area contributed by atoms with Crippen molar-refractivity contribution in [3.05, 3.63) is 46.5 Å². The Hall–Kier alpha value is -1.54. The monoisotopic (exact) mass is 348 g/mol. The Morgan fingerprint density at radius 3 is 2.58 bits per heavy atom. The second-order valence-electron chi connectivity index (χ2n) is 6.17. The second-order valence-corrected chi connectivity index (χ2v) is 6.54. The number of hydrogen-bond acceptors (Lipinski definition) is 5. The minimum atomic E-state index is -0.0947. The van der Waals surface area contributed by atoms with Crippen LogP contribution >= 0.6 is 12.2 Å². The van der Waals surface area contributed by atoms with E-state index in [1.807, 2.05) is 25.2 Å². The summed E-state index contributed by atoms with van der Waals surface area (Å²) in [5.74, 6) is 0.598. The number of likely N-dealkylation sites (tertiary alicyclic amines) is 1. The molecule has 1 aliphatic rings. The van der Waals surface area contributed by atoms with E-state index < -0.39 is 0 Å². The summed E-state index contributed by atoms with van der Waals surface area (Å²) in [4.78, 5) is 2.33. The highest BCUT2D eigenvalue weighted by atomic mass is 32.1. The van der Waals surface area contributed by atoms with Gasteiger partial charge in [-0.15, -0.1) is 0 Å². The molecule has 24 heavy (non-hydrogen) atoms. The summed E-state index contributed by atoms with van der Waals surface area (Å²) in [6.07, 6.45) is 2.34. The predicted molar refractivity (Wildman–Crippen MR) is 93.8 cm³/mol. The van der Waals surface area contributed by atoms with Crippen molar-refractivity contribution in [1.29, 1.82) is 0 Å². The third kappa shape index (κ3) is 4.10. The molecule has 6 nitrogen and oxygen atoms in total. The minimum absolute atomic E-state index is 0.0947. The molecule has 1 fully saturated rings. The van der Waals surface area contributed by atoms with Gasteiger partial charge in [-0.2, -0.15) is 5.10 Å². The van der Waals surface area contributed by atoms with Crippen LogP contribution in [0.5, 0.6) is 0 Å². The highest BCUT2D eigenvalue weighted by Gasteiger charge is 2.20. The Morgan fingerprint density at radius 2 is 1.96 bits per heavy atom. The summed E-state index contributed by atoms with van der Waals surface area (Å²) >= 11 is 5.37. The number of aliphatic hydroxyl groups is 1. The van der Waals surface area contributed by atoms with Crippen molar-refractivity contribution in [3.8, 4) is 0 Å². The van der Waals surface area contributed by atoms with E-state index in [-0.39, 0.29) is 6.61 Å². The number of benzene rings is 1. The van der Waals surface area contributed by atoms with Gasteiger partial charge >= 0.3 is 0 Å². The highest BCUT2D eigenvalue weighted by molar-refractivity contribution is 7.71. The standard InChI is InChI=1S/C17H24N4O2S/c1-19-16(11-22)18-21(17(19)24)13-20-9-7-15(8-10-20)23-12-14-5-3-2-4-6-14/h2-6,15,22H,7-13H2,1H3. The molecule has 2 aromatic rings. The number of nitrogens with zero attached hydrogens (tertiary/aromatic N) is 4. The second kappa shape index (κ2) is 8.02. The van der Waals surface area contributed by atoms with Crippen LogP contribution in [0, 0.1) is 4.77 Å². The number of aliphatic hydroxyl groups excluding tert-OH is 1. The number of aromatic nitrogens is 3. The molecule has 1 saturated heterocycles. The van der Waals surface area contributed by atoms with Gasteiger partial charge in [-0.05, 0) is 30.6 Å². The van der Waals surface area contributed by atoms with Crippen LogP contribution in [-0.4, -0.2) is 43.5 Å². The molecule has 0 bridgehead atoms. The first-order valence-corrected chi connectivity index (χ1v) is 8.69. The maximum absolute atomic E-state index is 9.28. The highest BCUT2D eigenvalue weighted by Crippen LogP contribution is 2.16. The normalized spacial score (nSPS) is 16.6. The maximum Gasteiger partial charge on any atom is 0.198 e. The molecule has 1 N–H and O–H groups in total. The smallest absolute Gasteiger partial charge is 0.198 e. The van der Waals surface area contributed by atoms with Gasteiger partial charge in [0.2, 0.25) is 0 Å². The van der Waals surface area contributed by atoms with Crippen LogP contribution in [0.15, 0.2) is 30.3 Å². The fraction of sp³-hybridized carbons (Fsp3) is 0.529. The molecule has 7 heteroatoms. The van der Waals surface area contributed by atoms with Crippen LogP contribution in [0.2, 0.25) is 0 Å². The van der Waals surface area contributed by atoms with E-state index in [4.69, 9.17) is 17.0 Å². The first-order chi connectivity index (χ1) is 11.7. The van der Waals surface area contributed by atoms with Crippen LogP contribution in [-0.2, 0) is 31.7 Å². The molecule has 0 aliphatic carbocycles. The lowest BCUT2D eigenvalue weighted by atomic mass is 10.1. The molecule has 1 aromatic heterocycles. The first-order valence-electron chi connectivity index (χ1n) is 8.29. The Labute approximate surface area is 147 Å². The van der Waals surface area contributed by atoms with Crippen LogP contribution in [0.3, 0.4) is 0 Å².